The van der Waals surface area contributed by atoms with E-state index < -0.39 is 0 Å². The van der Waals surface area contributed by atoms with Crippen molar-refractivity contribution in [3.05, 3.63) is 35.9 Å². The summed E-state index contributed by atoms with van der Waals surface area (Å²) in [4.78, 5) is 15.4. The summed E-state index contributed by atoms with van der Waals surface area (Å²) < 4.78 is 0. The number of nitrogens with one attached hydrogen (secondary N) is 2. The van der Waals surface area contributed by atoms with Crippen LogP contribution >= 0.6 is 12.2 Å². The summed E-state index contributed by atoms with van der Waals surface area (Å²) >= 11 is 5.73. The molecule has 0 bridgehead atoms. The molecule has 0 radical (unpaired) electrons. The number of nitrogens with zero attached hydrogens (tertiary/aromatic N) is 1. The van der Waals surface area contributed by atoms with E-state index >= 15 is 0 Å². The Bertz CT molecular complexity index is 634. The quantitative estimate of drug-likeness (QED) is 0.549. The zero-order valence-corrected chi connectivity index (χ0v) is 19.4. The lowest BCUT2D eigenvalue weighted by Crippen LogP contribution is -2.51. The van der Waals surface area contributed by atoms with E-state index in [-0.39, 0.29) is 11.8 Å². The summed E-state index contributed by atoms with van der Waals surface area (Å²) in [6.07, 6.45) is 6.32. The van der Waals surface area contributed by atoms with Gasteiger partial charge in [0.1, 0.15) is 0 Å². The van der Waals surface area contributed by atoms with Crippen LogP contribution in [0.2, 0.25) is 0 Å². The summed E-state index contributed by atoms with van der Waals surface area (Å²) in [6, 6.07) is 11.3. The van der Waals surface area contributed by atoms with Crippen LogP contribution in [-0.2, 0) is 11.3 Å². The van der Waals surface area contributed by atoms with Gasteiger partial charge in [0.05, 0.1) is 4.99 Å². The van der Waals surface area contributed by atoms with Crippen LogP contribution in [0.15, 0.2) is 30.3 Å². The standard InChI is InChI=1S/C24H39N3OS/c1-5-27(4)24(28)20(15-18(2)3)16-23(29)26-22-14-10-9-13-21(22)25-17-19-11-7-6-8-12-19/h6-8,11-12,18,20-22,25H,5,9-10,13-17H2,1-4H3,(H,26,29)/t20-,21+,22+/m1/s1. The molecule has 2 N–H and O–H groups in total. The van der Waals surface area contributed by atoms with E-state index in [0.717, 1.165) is 30.9 Å². The van der Waals surface area contributed by atoms with Crippen molar-refractivity contribution in [2.45, 2.75) is 77.9 Å². The largest absolute Gasteiger partial charge is 0.375 e. The monoisotopic (exact) mass is 417 g/mol. The number of thiocarbonyl (C=S) groups is 1. The third-order valence-electron chi connectivity index (χ3n) is 5.91. The van der Waals surface area contributed by atoms with E-state index in [1.165, 1.54) is 24.8 Å². The maximum Gasteiger partial charge on any atom is 0.225 e. The second-order valence-corrected chi connectivity index (χ2v) is 9.31. The highest BCUT2D eigenvalue weighted by molar-refractivity contribution is 7.80. The molecule has 29 heavy (non-hydrogen) atoms. The van der Waals surface area contributed by atoms with Gasteiger partial charge < -0.3 is 15.5 Å². The molecule has 0 spiro atoms. The summed E-state index contributed by atoms with van der Waals surface area (Å²) in [5.41, 5.74) is 1.31. The van der Waals surface area contributed by atoms with Crippen LogP contribution in [0.4, 0.5) is 0 Å². The molecule has 3 atom stereocenters. The lowest BCUT2D eigenvalue weighted by atomic mass is 9.89. The van der Waals surface area contributed by atoms with Crippen molar-refractivity contribution in [3.8, 4) is 0 Å². The van der Waals surface area contributed by atoms with Crippen LogP contribution in [0, 0.1) is 11.8 Å². The number of hydrogen-bond acceptors (Lipinski definition) is 3. The van der Waals surface area contributed by atoms with Crippen molar-refractivity contribution >= 4 is 23.1 Å². The summed E-state index contributed by atoms with van der Waals surface area (Å²) in [5.74, 6) is 0.666. The molecule has 162 valence electrons. The first-order chi connectivity index (χ1) is 13.9. The molecule has 1 aliphatic carbocycles. The van der Waals surface area contributed by atoms with E-state index in [4.69, 9.17) is 12.2 Å². The Kier molecular flexibility index (Phi) is 10.1. The third-order valence-corrected chi connectivity index (χ3v) is 6.20. The van der Waals surface area contributed by atoms with Gasteiger partial charge in [0.2, 0.25) is 5.91 Å². The number of carbonyl (C=O) groups is 1. The van der Waals surface area contributed by atoms with Crippen LogP contribution in [0.3, 0.4) is 0 Å². The molecule has 1 aromatic rings. The minimum atomic E-state index is -0.0285. The van der Waals surface area contributed by atoms with E-state index in [0.29, 0.717) is 24.4 Å². The van der Waals surface area contributed by atoms with Crippen LogP contribution in [0.1, 0.15) is 64.9 Å². The smallest absolute Gasteiger partial charge is 0.225 e. The highest BCUT2D eigenvalue weighted by Gasteiger charge is 2.28. The lowest BCUT2D eigenvalue weighted by Gasteiger charge is -2.34. The molecule has 0 unspecified atom stereocenters. The Labute approximate surface area is 182 Å². The van der Waals surface area contributed by atoms with Gasteiger partial charge in [-0.3, -0.25) is 4.79 Å². The predicted molar refractivity (Wildman–Crippen MR) is 126 cm³/mol. The lowest BCUT2D eigenvalue weighted by molar-refractivity contribution is -0.134. The maximum atomic E-state index is 12.8. The van der Waals surface area contributed by atoms with Crippen molar-refractivity contribution in [2.24, 2.45) is 11.8 Å². The molecular formula is C24H39N3OS. The van der Waals surface area contributed by atoms with Crippen LogP contribution in [0.25, 0.3) is 0 Å². The molecule has 1 aliphatic rings. The second-order valence-electron chi connectivity index (χ2n) is 8.81. The molecule has 1 saturated carbocycles. The zero-order valence-electron chi connectivity index (χ0n) is 18.6. The van der Waals surface area contributed by atoms with Crippen molar-refractivity contribution in [1.82, 2.24) is 15.5 Å². The van der Waals surface area contributed by atoms with Crippen molar-refractivity contribution < 1.29 is 4.79 Å². The Hall–Kier alpha value is -1.46. The van der Waals surface area contributed by atoms with Crippen LogP contribution in [0.5, 0.6) is 0 Å². The molecule has 0 saturated heterocycles. The number of hydrogen-bond donors (Lipinski definition) is 2. The summed E-state index contributed by atoms with van der Waals surface area (Å²) in [7, 11) is 1.89. The van der Waals surface area contributed by atoms with Gasteiger partial charge in [0, 0.05) is 44.6 Å². The minimum absolute atomic E-state index is 0.0285. The normalized spacial score (nSPS) is 20.3. The maximum absolute atomic E-state index is 12.8. The van der Waals surface area contributed by atoms with Gasteiger partial charge in [-0.05, 0) is 37.7 Å². The zero-order chi connectivity index (χ0) is 21.2. The molecule has 0 heterocycles. The van der Waals surface area contributed by atoms with Crippen molar-refractivity contribution in [2.75, 3.05) is 13.6 Å². The van der Waals surface area contributed by atoms with Crippen molar-refractivity contribution in [3.63, 3.8) is 0 Å². The Morgan fingerprint density at radius 1 is 1.17 bits per heavy atom. The first-order valence-corrected chi connectivity index (χ1v) is 11.6. The average Bonchev–Trinajstić information content (AvgIpc) is 2.72. The van der Waals surface area contributed by atoms with Gasteiger partial charge >= 0.3 is 0 Å². The number of rotatable bonds is 10. The number of carbonyl (C=O) groups excluding carboxylic acids is 1. The minimum Gasteiger partial charge on any atom is -0.375 e. The van der Waals surface area contributed by atoms with Crippen LogP contribution in [-0.4, -0.2) is 41.5 Å². The predicted octanol–water partition coefficient (Wildman–Crippen LogP) is 4.54. The van der Waals surface area contributed by atoms with Crippen molar-refractivity contribution in [1.29, 1.82) is 0 Å². The Morgan fingerprint density at radius 3 is 2.45 bits per heavy atom. The van der Waals surface area contributed by atoms with Gasteiger partial charge in [0.25, 0.3) is 0 Å². The molecular weight excluding hydrogens is 378 g/mol. The molecule has 2 rings (SSSR count). The molecule has 1 fully saturated rings. The summed E-state index contributed by atoms with van der Waals surface area (Å²) in [6.45, 7) is 7.99. The number of amides is 1. The van der Waals surface area contributed by atoms with Gasteiger partial charge in [-0.25, -0.2) is 0 Å². The molecule has 1 aromatic carbocycles. The Morgan fingerprint density at radius 2 is 1.83 bits per heavy atom. The average molecular weight is 418 g/mol. The Balaban J connectivity index is 1.93. The highest BCUT2D eigenvalue weighted by atomic mass is 32.1. The molecule has 5 heteroatoms. The van der Waals surface area contributed by atoms with Gasteiger partial charge in [-0.15, -0.1) is 0 Å². The van der Waals surface area contributed by atoms with E-state index in [2.05, 4.69) is 54.8 Å². The number of benzene rings is 1. The SMILES string of the molecule is CCN(C)C(=O)[C@@H](CC(=S)N[C@H]1CCCC[C@@H]1NCc1ccccc1)CC(C)C. The molecule has 0 aromatic heterocycles. The fraction of sp³-hybridized carbons (Fsp3) is 0.667. The van der Waals surface area contributed by atoms with Gasteiger partial charge in [-0.2, -0.15) is 0 Å². The van der Waals surface area contributed by atoms with Gasteiger partial charge in [-0.1, -0.05) is 69.2 Å². The fourth-order valence-corrected chi connectivity index (χ4v) is 4.54. The third kappa shape index (κ3) is 8.06. The van der Waals surface area contributed by atoms with E-state index in [9.17, 15) is 4.79 Å². The summed E-state index contributed by atoms with van der Waals surface area (Å²) in [5, 5.41) is 7.35. The molecule has 0 aliphatic heterocycles. The molecule has 1 amide bonds. The first-order valence-electron chi connectivity index (χ1n) is 11.2. The van der Waals surface area contributed by atoms with E-state index in [1.54, 1.807) is 0 Å². The van der Waals surface area contributed by atoms with E-state index in [1.807, 2.05) is 18.9 Å². The first kappa shape index (κ1) is 23.8. The topological polar surface area (TPSA) is 44.4 Å². The highest BCUT2D eigenvalue weighted by Crippen LogP contribution is 2.22. The fourth-order valence-electron chi connectivity index (χ4n) is 4.19. The van der Waals surface area contributed by atoms with Crippen LogP contribution < -0.4 is 10.6 Å². The second kappa shape index (κ2) is 12.3. The molecule has 4 nitrogen and oxygen atoms in total. The van der Waals surface area contributed by atoms with Gasteiger partial charge in [0.15, 0.2) is 0 Å².